The normalized spacial score (nSPS) is 11.2. The maximum absolute atomic E-state index is 12.5. The minimum atomic E-state index is -0.853. The molecule has 0 spiro atoms. The van der Waals surface area contributed by atoms with Gasteiger partial charge in [-0.1, -0.05) is 0 Å². The monoisotopic (exact) mass is 211 g/mol. The molecule has 0 aliphatic rings. The molecule has 0 atom stereocenters. The standard InChI is InChI=1S/C10H14FN3O/c1-7-4-8(5-12-14-7)9(15)13-10(2,3)6-11/h4-5H,6H2,1-3H3,(H,13,15). The van der Waals surface area contributed by atoms with Gasteiger partial charge < -0.3 is 5.32 Å². The number of halogens is 1. The lowest BCUT2D eigenvalue weighted by molar-refractivity contribution is 0.0899. The summed E-state index contributed by atoms with van der Waals surface area (Å²) in [6, 6.07) is 1.61. The van der Waals surface area contributed by atoms with Crippen LogP contribution in [0.5, 0.6) is 0 Å². The second-order valence-corrected chi connectivity index (χ2v) is 4.06. The van der Waals surface area contributed by atoms with E-state index in [-0.39, 0.29) is 5.91 Å². The van der Waals surface area contributed by atoms with E-state index < -0.39 is 12.2 Å². The minimum Gasteiger partial charge on any atom is -0.344 e. The fourth-order valence-corrected chi connectivity index (χ4v) is 1.01. The summed E-state index contributed by atoms with van der Waals surface area (Å²) in [6.07, 6.45) is 1.36. The first-order valence-electron chi connectivity index (χ1n) is 4.62. The Hall–Kier alpha value is -1.52. The topological polar surface area (TPSA) is 54.9 Å². The lowest BCUT2D eigenvalue weighted by atomic mass is 10.1. The second kappa shape index (κ2) is 4.33. The Morgan fingerprint density at radius 3 is 2.80 bits per heavy atom. The largest absolute Gasteiger partial charge is 0.344 e. The first-order valence-corrected chi connectivity index (χ1v) is 4.62. The van der Waals surface area contributed by atoms with Gasteiger partial charge in [-0.05, 0) is 26.8 Å². The van der Waals surface area contributed by atoms with Crippen molar-refractivity contribution in [3.8, 4) is 0 Å². The third-order valence-corrected chi connectivity index (χ3v) is 1.82. The van der Waals surface area contributed by atoms with E-state index in [0.29, 0.717) is 11.3 Å². The van der Waals surface area contributed by atoms with Crippen molar-refractivity contribution in [3.63, 3.8) is 0 Å². The van der Waals surface area contributed by atoms with Gasteiger partial charge in [-0.25, -0.2) is 4.39 Å². The number of carbonyl (C=O) groups is 1. The van der Waals surface area contributed by atoms with Crippen LogP contribution in [0, 0.1) is 6.92 Å². The smallest absolute Gasteiger partial charge is 0.253 e. The van der Waals surface area contributed by atoms with Gasteiger partial charge >= 0.3 is 0 Å². The van der Waals surface area contributed by atoms with E-state index in [1.54, 1.807) is 26.8 Å². The van der Waals surface area contributed by atoms with Crippen molar-refractivity contribution in [2.75, 3.05) is 6.67 Å². The Morgan fingerprint density at radius 2 is 2.27 bits per heavy atom. The van der Waals surface area contributed by atoms with Crippen LogP contribution in [-0.4, -0.2) is 28.3 Å². The Kier molecular flexibility index (Phi) is 3.34. The lowest BCUT2D eigenvalue weighted by Gasteiger charge is -2.22. The third kappa shape index (κ3) is 3.27. The molecule has 0 aliphatic heterocycles. The van der Waals surface area contributed by atoms with Crippen molar-refractivity contribution in [2.45, 2.75) is 26.3 Å². The molecule has 4 nitrogen and oxygen atoms in total. The van der Waals surface area contributed by atoms with E-state index in [2.05, 4.69) is 15.5 Å². The van der Waals surface area contributed by atoms with Crippen LogP contribution in [-0.2, 0) is 0 Å². The predicted octanol–water partition coefficient (Wildman–Crippen LogP) is 1.26. The van der Waals surface area contributed by atoms with Crippen molar-refractivity contribution in [1.82, 2.24) is 15.5 Å². The Labute approximate surface area is 87.9 Å². The molecule has 1 rings (SSSR count). The number of amides is 1. The van der Waals surface area contributed by atoms with Crippen LogP contribution in [0.15, 0.2) is 12.3 Å². The van der Waals surface area contributed by atoms with Crippen LogP contribution in [0.3, 0.4) is 0 Å². The van der Waals surface area contributed by atoms with Crippen LogP contribution in [0.2, 0.25) is 0 Å². The molecule has 1 heterocycles. The summed E-state index contributed by atoms with van der Waals surface area (Å²) in [7, 11) is 0. The molecule has 0 aromatic carbocycles. The van der Waals surface area contributed by atoms with Crippen molar-refractivity contribution in [1.29, 1.82) is 0 Å². The highest BCUT2D eigenvalue weighted by atomic mass is 19.1. The number of nitrogens with one attached hydrogen (secondary N) is 1. The number of hydrogen-bond donors (Lipinski definition) is 1. The molecule has 1 N–H and O–H groups in total. The first-order chi connectivity index (χ1) is 6.94. The van der Waals surface area contributed by atoms with Crippen molar-refractivity contribution >= 4 is 5.91 Å². The van der Waals surface area contributed by atoms with E-state index >= 15 is 0 Å². The average molecular weight is 211 g/mol. The molecule has 0 saturated heterocycles. The van der Waals surface area contributed by atoms with Gasteiger partial charge in [0.2, 0.25) is 0 Å². The van der Waals surface area contributed by atoms with Gasteiger partial charge in [-0.2, -0.15) is 10.2 Å². The van der Waals surface area contributed by atoms with E-state index in [1.807, 2.05) is 0 Å². The SMILES string of the molecule is Cc1cc(C(=O)NC(C)(C)CF)cnn1. The summed E-state index contributed by atoms with van der Waals surface area (Å²) in [5.74, 6) is -0.337. The summed E-state index contributed by atoms with van der Waals surface area (Å²) in [4.78, 5) is 11.6. The molecule has 1 aromatic heterocycles. The van der Waals surface area contributed by atoms with Gasteiger partial charge in [0, 0.05) is 0 Å². The summed E-state index contributed by atoms with van der Waals surface area (Å²) in [6.45, 7) is 4.36. The molecule has 0 bridgehead atoms. The molecule has 0 unspecified atom stereocenters. The van der Waals surface area contributed by atoms with Crippen molar-refractivity contribution in [2.24, 2.45) is 0 Å². The lowest BCUT2D eigenvalue weighted by Crippen LogP contribution is -2.45. The highest BCUT2D eigenvalue weighted by Gasteiger charge is 2.21. The van der Waals surface area contributed by atoms with Gasteiger partial charge in [0.25, 0.3) is 5.91 Å². The van der Waals surface area contributed by atoms with Crippen LogP contribution < -0.4 is 5.32 Å². The second-order valence-electron chi connectivity index (χ2n) is 4.06. The van der Waals surface area contributed by atoms with Crippen LogP contribution in [0.25, 0.3) is 0 Å². The summed E-state index contributed by atoms with van der Waals surface area (Å²) >= 11 is 0. The molecule has 82 valence electrons. The minimum absolute atomic E-state index is 0.337. The maximum atomic E-state index is 12.5. The third-order valence-electron chi connectivity index (χ3n) is 1.82. The summed E-state index contributed by atoms with van der Waals surface area (Å²) in [5, 5.41) is 9.96. The van der Waals surface area contributed by atoms with Gasteiger partial charge in [0.15, 0.2) is 0 Å². The quantitative estimate of drug-likeness (QED) is 0.819. The van der Waals surface area contributed by atoms with Crippen LogP contribution >= 0.6 is 0 Å². The molecule has 15 heavy (non-hydrogen) atoms. The van der Waals surface area contributed by atoms with Crippen LogP contribution in [0.1, 0.15) is 29.9 Å². The molecule has 0 fully saturated rings. The van der Waals surface area contributed by atoms with E-state index in [4.69, 9.17) is 0 Å². The Balaban J connectivity index is 2.78. The highest BCUT2D eigenvalue weighted by Crippen LogP contribution is 2.05. The zero-order valence-electron chi connectivity index (χ0n) is 9.04. The van der Waals surface area contributed by atoms with E-state index in [1.165, 1.54) is 6.20 Å². The van der Waals surface area contributed by atoms with Gasteiger partial charge in [0.05, 0.1) is 23.0 Å². The molecule has 0 radical (unpaired) electrons. The van der Waals surface area contributed by atoms with Crippen LogP contribution in [0.4, 0.5) is 4.39 Å². The van der Waals surface area contributed by atoms with Crippen molar-refractivity contribution < 1.29 is 9.18 Å². The Morgan fingerprint density at radius 1 is 1.60 bits per heavy atom. The van der Waals surface area contributed by atoms with Crippen molar-refractivity contribution in [3.05, 3.63) is 23.5 Å². The Bertz CT molecular complexity index is 365. The molecule has 5 heteroatoms. The number of nitrogens with zero attached hydrogens (tertiary/aromatic N) is 2. The molecule has 1 aromatic rings. The fraction of sp³-hybridized carbons (Fsp3) is 0.500. The van der Waals surface area contributed by atoms with E-state index in [9.17, 15) is 9.18 Å². The number of rotatable bonds is 3. The van der Waals surface area contributed by atoms with Gasteiger partial charge in [0.1, 0.15) is 6.67 Å². The zero-order valence-corrected chi connectivity index (χ0v) is 9.04. The highest BCUT2D eigenvalue weighted by molar-refractivity contribution is 5.94. The number of carbonyl (C=O) groups excluding carboxylic acids is 1. The van der Waals surface area contributed by atoms with Gasteiger partial charge in [-0.15, -0.1) is 0 Å². The molecular weight excluding hydrogens is 197 g/mol. The average Bonchev–Trinajstić information content (AvgIpc) is 2.17. The first kappa shape index (κ1) is 11.6. The zero-order chi connectivity index (χ0) is 11.5. The number of alkyl halides is 1. The maximum Gasteiger partial charge on any atom is 0.253 e. The molecule has 1 amide bonds. The molecule has 0 aliphatic carbocycles. The number of aromatic nitrogens is 2. The van der Waals surface area contributed by atoms with E-state index in [0.717, 1.165) is 0 Å². The molecule has 0 saturated carbocycles. The number of aryl methyl sites for hydroxylation is 1. The number of hydrogen-bond acceptors (Lipinski definition) is 3. The molecular formula is C10H14FN3O. The summed E-state index contributed by atoms with van der Waals surface area (Å²) in [5.41, 5.74) is 0.193. The fourth-order valence-electron chi connectivity index (χ4n) is 1.01. The predicted molar refractivity (Wildman–Crippen MR) is 54.3 cm³/mol. The van der Waals surface area contributed by atoms with Gasteiger partial charge in [-0.3, -0.25) is 4.79 Å². The summed E-state index contributed by atoms with van der Waals surface area (Å²) < 4.78 is 12.5.